The summed E-state index contributed by atoms with van der Waals surface area (Å²) in [6.45, 7) is 3.11. The van der Waals surface area contributed by atoms with Gasteiger partial charge in [-0.3, -0.25) is 23.9 Å². The minimum atomic E-state index is -1.15. The largest absolute Gasteiger partial charge is 0.388 e. The molecule has 2 aliphatic rings. The van der Waals surface area contributed by atoms with Crippen LogP contribution in [0.3, 0.4) is 0 Å². The van der Waals surface area contributed by atoms with Crippen LogP contribution < -0.4 is 16.2 Å². The standard InChI is InChI=1S/C44H52ClN7O4/c1-50(2)21-7-20-46-34-14-16-36-39(26-34)48-29-52(43(36)55)28-44(56)17-22-51(23-18-44)42(54)33(24-30-8-4-3-5-9-30)10-6-19-47-41(53)32-13-15-35-37(45)27-38(31-11-12-31)49-40(35)25-32/h3-5,8-9,13-16,25-27,29,31,33,46,56H,6-7,10-12,17-24,28H2,1-2H3,(H,47,53)/t33-/m1/s1. The maximum atomic E-state index is 14.1. The van der Waals surface area contributed by atoms with Crippen LogP contribution in [0.5, 0.6) is 0 Å². The van der Waals surface area contributed by atoms with Crippen molar-refractivity contribution in [2.24, 2.45) is 5.92 Å². The van der Waals surface area contributed by atoms with Crippen molar-refractivity contribution in [3.05, 3.63) is 111 Å². The molecular formula is C44H52ClN7O4. The van der Waals surface area contributed by atoms with Crippen molar-refractivity contribution < 1.29 is 14.7 Å². The van der Waals surface area contributed by atoms with Crippen LogP contribution in [0.1, 0.15) is 72.5 Å². The molecule has 1 atom stereocenters. The number of aliphatic hydroxyl groups is 1. The highest BCUT2D eigenvalue weighted by Crippen LogP contribution is 2.41. The van der Waals surface area contributed by atoms with E-state index >= 15 is 0 Å². The molecule has 0 unspecified atom stereocenters. The lowest BCUT2D eigenvalue weighted by Gasteiger charge is -2.39. The zero-order valence-electron chi connectivity index (χ0n) is 32.3. The molecule has 12 heteroatoms. The maximum Gasteiger partial charge on any atom is 0.261 e. The molecule has 5 aromatic rings. The third kappa shape index (κ3) is 9.75. The Morgan fingerprint density at radius 2 is 1.73 bits per heavy atom. The lowest BCUT2D eigenvalue weighted by molar-refractivity contribution is -0.140. The molecule has 1 saturated heterocycles. The van der Waals surface area contributed by atoms with Crippen LogP contribution in [0.15, 0.2) is 83.9 Å². The Morgan fingerprint density at radius 3 is 2.48 bits per heavy atom. The second kappa shape index (κ2) is 17.5. The lowest BCUT2D eigenvalue weighted by atomic mass is 9.88. The van der Waals surface area contributed by atoms with Gasteiger partial charge in [-0.05, 0) is 114 Å². The summed E-state index contributed by atoms with van der Waals surface area (Å²) < 4.78 is 1.49. The van der Waals surface area contributed by atoms with E-state index in [2.05, 4.69) is 20.5 Å². The normalized spacial score (nSPS) is 16.0. The van der Waals surface area contributed by atoms with Crippen molar-refractivity contribution in [2.75, 3.05) is 52.1 Å². The number of likely N-dealkylation sites (tertiary alicyclic amines) is 1. The molecule has 1 aliphatic heterocycles. The number of carbonyl (C=O) groups excluding carboxylic acids is 2. The average molecular weight is 778 g/mol. The SMILES string of the molecule is CN(C)CCCNc1ccc2c(=O)n(CC3(O)CCN(C(=O)[C@H](CCCNC(=O)c4ccc5c(Cl)cc(C6CC6)nc5c4)Cc4ccccc4)CC3)cnc2c1. The molecule has 11 nitrogen and oxygen atoms in total. The Kier molecular flexibility index (Phi) is 12.3. The van der Waals surface area contributed by atoms with E-state index in [0.717, 1.165) is 60.2 Å². The minimum Gasteiger partial charge on any atom is -0.388 e. The van der Waals surface area contributed by atoms with E-state index in [0.29, 0.717) is 79.1 Å². The molecule has 0 radical (unpaired) electrons. The zero-order valence-corrected chi connectivity index (χ0v) is 33.1. The van der Waals surface area contributed by atoms with Crippen LogP contribution in [-0.2, 0) is 17.8 Å². The number of halogens is 1. The number of benzene rings is 3. The second-order valence-electron chi connectivity index (χ2n) is 15.9. The van der Waals surface area contributed by atoms with E-state index in [1.807, 2.05) is 73.6 Å². The van der Waals surface area contributed by atoms with E-state index in [9.17, 15) is 19.5 Å². The molecule has 3 heterocycles. The smallest absolute Gasteiger partial charge is 0.261 e. The molecule has 1 saturated carbocycles. The molecule has 2 aromatic heterocycles. The van der Waals surface area contributed by atoms with Crippen molar-refractivity contribution in [3.8, 4) is 0 Å². The molecule has 0 spiro atoms. The summed E-state index contributed by atoms with van der Waals surface area (Å²) in [5, 5.41) is 20.1. The molecule has 3 N–H and O–H groups in total. The Labute approximate surface area is 333 Å². The summed E-state index contributed by atoms with van der Waals surface area (Å²) >= 11 is 6.53. The van der Waals surface area contributed by atoms with Gasteiger partial charge in [-0.15, -0.1) is 0 Å². The van der Waals surface area contributed by atoms with Crippen molar-refractivity contribution in [1.29, 1.82) is 0 Å². The summed E-state index contributed by atoms with van der Waals surface area (Å²) in [7, 11) is 4.10. The summed E-state index contributed by atoms with van der Waals surface area (Å²) in [4.78, 5) is 54.0. The molecule has 0 bridgehead atoms. The highest BCUT2D eigenvalue weighted by Gasteiger charge is 2.36. The monoisotopic (exact) mass is 777 g/mol. The number of amides is 2. The number of aromatic nitrogens is 3. The van der Waals surface area contributed by atoms with Gasteiger partial charge in [-0.1, -0.05) is 48.0 Å². The number of piperidine rings is 1. The van der Waals surface area contributed by atoms with Gasteiger partial charge in [0.1, 0.15) is 0 Å². The van der Waals surface area contributed by atoms with Gasteiger partial charge >= 0.3 is 0 Å². The summed E-state index contributed by atoms with van der Waals surface area (Å²) in [6, 6.07) is 22.9. The van der Waals surface area contributed by atoms with Gasteiger partial charge in [0.15, 0.2) is 0 Å². The molecule has 1 aliphatic carbocycles. The molecule has 56 heavy (non-hydrogen) atoms. The summed E-state index contributed by atoms with van der Waals surface area (Å²) in [5.74, 6) is 0.0304. The fourth-order valence-corrected chi connectivity index (χ4v) is 7.96. The molecule has 2 amide bonds. The van der Waals surface area contributed by atoms with E-state index in [-0.39, 0.29) is 29.8 Å². The van der Waals surface area contributed by atoms with Gasteiger partial charge in [0, 0.05) is 60.3 Å². The third-order valence-corrected chi connectivity index (χ3v) is 11.4. The number of anilines is 1. The first-order chi connectivity index (χ1) is 27.0. The van der Waals surface area contributed by atoms with Crippen LogP contribution in [0, 0.1) is 5.92 Å². The number of carbonyl (C=O) groups is 2. The van der Waals surface area contributed by atoms with Gasteiger partial charge in [0.25, 0.3) is 11.5 Å². The van der Waals surface area contributed by atoms with Crippen LogP contribution >= 0.6 is 11.6 Å². The van der Waals surface area contributed by atoms with E-state index in [1.54, 1.807) is 18.2 Å². The maximum absolute atomic E-state index is 14.1. The topological polar surface area (TPSA) is 133 Å². The highest BCUT2D eigenvalue weighted by atomic mass is 35.5. The van der Waals surface area contributed by atoms with Crippen LogP contribution in [0.2, 0.25) is 5.02 Å². The van der Waals surface area contributed by atoms with Crippen LogP contribution in [0.4, 0.5) is 5.69 Å². The van der Waals surface area contributed by atoms with Crippen molar-refractivity contribution >= 4 is 50.9 Å². The summed E-state index contributed by atoms with van der Waals surface area (Å²) in [5.41, 5.74) is 3.50. The van der Waals surface area contributed by atoms with Gasteiger partial charge in [-0.2, -0.15) is 0 Å². The van der Waals surface area contributed by atoms with Gasteiger partial charge in [-0.25, -0.2) is 4.98 Å². The number of hydrogen-bond donors (Lipinski definition) is 3. The predicted octanol–water partition coefficient (Wildman–Crippen LogP) is 6.26. The lowest BCUT2D eigenvalue weighted by Crippen LogP contribution is -2.51. The van der Waals surface area contributed by atoms with Gasteiger partial charge in [0.05, 0.1) is 39.9 Å². The Hall–Kier alpha value is -4.84. The number of pyridine rings is 1. The first-order valence-electron chi connectivity index (χ1n) is 19.9. The summed E-state index contributed by atoms with van der Waals surface area (Å²) in [6.07, 6.45) is 7.25. The first kappa shape index (κ1) is 39.4. The first-order valence-corrected chi connectivity index (χ1v) is 20.2. The third-order valence-electron chi connectivity index (χ3n) is 11.1. The fourth-order valence-electron chi connectivity index (χ4n) is 7.68. The van der Waals surface area contributed by atoms with Gasteiger partial charge in [0.2, 0.25) is 5.91 Å². The number of fused-ring (bicyclic) bond motifs is 2. The van der Waals surface area contributed by atoms with Crippen LogP contribution in [0.25, 0.3) is 21.8 Å². The zero-order chi connectivity index (χ0) is 39.2. The van der Waals surface area contributed by atoms with Crippen LogP contribution in [-0.4, -0.2) is 93.7 Å². The molecule has 294 valence electrons. The molecule has 2 fully saturated rings. The van der Waals surface area contributed by atoms with Crippen molar-refractivity contribution in [1.82, 2.24) is 29.7 Å². The predicted molar refractivity (Wildman–Crippen MR) is 222 cm³/mol. The molecule has 7 rings (SSSR count). The number of rotatable bonds is 16. The quantitative estimate of drug-likeness (QED) is 0.100. The average Bonchev–Trinajstić information content (AvgIpc) is 4.05. The van der Waals surface area contributed by atoms with E-state index < -0.39 is 5.60 Å². The Balaban J connectivity index is 0.940. The van der Waals surface area contributed by atoms with E-state index in [1.165, 1.54) is 10.9 Å². The second-order valence-corrected chi connectivity index (χ2v) is 16.3. The highest BCUT2D eigenvalue weighted by molar-refractivity contribution is 6.35. The fraction of sp³-hybridized carbons (Fsp3) is 0.432. The number of hydrogen-bond acceptors (Lipinski definition) is 8. The Morgan fingerprint density at radius 1 is 0.964 bits per heavy atom. The van der Waals surface area contributed by atoms with Gasteiger partial charge < -0.3 is 25.5 Å². The molecular weight excluding hydrogens is 726 g/mol. The minimum absolute atomic E-state index is 0.0434. The Bertz CT molecular complexity index is 2230. The molecule has 3 aromatic carbocycles. The number of nitrogens with one attached hydrogen (secondary N) is 2. The van der Waals surface area contributed by atoms with Crippen molar-refractivity contribution in [3.63, 3.8) is 0 Å². The van der Waals surface area contributed by atoms with E-state index in [4.69, 9.17) is 16.6 Å². The number of nitrogens with zero attached hydrogens (tertiary/aromatic N) is 5. The van der Waals surface area contributed by atoms with Crippen molar-refractivity contribution in [2.45, 2.75) is 69.4 Å².